The summed E-state index contributed by atoms with van der Waals surface area (Å²) >= 11 is 0. The average Bonchev–Trinajstić information content (AvgIpc) is 2.26. The van der Waals surface area contributed by atoms with Crippen LogP contribution >= 0.6 is 0 Å². The lowest BCUT2D eigenvalue weighted by Crippen LogP contribution is -2.22. The van der Waals surface area contributed by atoms with Crippen LogP contribution in [0.25, 0.3) is 0 Å². The summed E-state index contributed by atoms with van der Waals surface area (Å²) in [5, 5.41) is 12.2. The largest absolute Gasteiger partial charge is 0.481 e. The van der Waals surface area contributed by atoms with Crippen molar-refractivity contribution in [2.75, 3.05) is 13.6 Å². The van der Waals surface area contributed by atoms with E-state index in [0.29, 0.717) is 6.54 Å². The van der Waals surface area contributed by atoms with Gasteiger partial charge in [0, 0.05) is 12.5 Å². The standard InChI is InChI=1S/C15H23NO2/c1-9-6-10(2)12(4)15(11(9)3)13(8-16-5)7-14(17)18/h6,13,16H,7-8H2,1-5H3,(H,17,18). The van der Waals surface area contributed by atoms with Crippen LogP contribution in [0.2, 0.25) is 0 Å². The summed E-state index contributed by atoms with van der Waals surface area (Å²) in [6, 6.07) is 2.17. The predicted octanol–water partition coefficient (Wildman–Crippen LogP) is 2.70. The normalized spacial score (nSPS) is 12.5. The SMILES string of the molecule is CNCC(CC(=O)O)c1c(C)c(C)cc(C)c1C. The highest BCUT2D eigenvalue weighted by molar-refractivity contribution is 5.68. The first-order valence-electron chi connectivity index (χ1n) is 6.32. The van der Waals surface area contributed by atoms with Gasteiger partial charge >= 0.3 is 5.97 Å². The molecule has 0 aliphatic heterocycles. The van der Waals surface area contributed by atoms with E-state index >= 15 is 0 Å². The monoisotopic (exact) mass is 249 g/mol. The fourth-order valence-corrected chi connectivity index (χ4v) is 2.59. The molecule has 0 saturated heterocycles. The maximum absolute atomic E-state index is 11.0. The molecule has 100 valence electrons. The second kappa shape index (κ2) is 6.01. The van der Waals surface area contributed by atoms with Crippen LogP contribution in [0, 0.1) is 27.7 Å². The fourth-order valence-electron chi connectivity index (χ4n) is 2.59. The number of hydrogen-bond acceptors (Lipinski definition) is 2. The quantitative estimate of drug-likeness (QED) is 0.843. The molecule has 0 aromatic heterocycles. The summed E-state index contributed by atoms with van der Waals surface area (Å²) < 4.78 is 0. The first-order valence-corrected chi connectivity index (χ1v) is 6.32. The molecule has 0 saturated carbocycles. The Bertz CT molecular complexity index is 426. The van der Waals surface area contributed by atoms with E-state index < -0.39 is 5.97 Å². The number of benzene rings is 1. The second-order valence-corrected chi connectivity index (χ2v) is 5.03. The third-order valence-corrected chi connectivity index (χ3v) is 3.70. The lowest BCUT2D eigenvalue weighted by Gasteiger charge is -2.23. The molecule has 1 atom stereocenters. The molecule has 18 heavy (non-hydrogen) atoms. The summed E-state index contributed by atoms with van der Waals surface area (Å²) in [5.41, 5.74) is 6.11. The third-order valence-electron chi connectivity index (χ3n) is 3.70. The van der Waals surface area contributed by atoms with Gasteiger partial charge in [0.25, 0.3) is 0 Å². The van der Waals surface area contributed by atoms with Crippen molar-refractivity contribution < 1.29 is 9.90 Å². The van der Waals surface area contributed by atoms with Crippen molar-refractivity contribution in [3.8, 4) is 0 Å². The lowest BCUT2D eigenvalue weighted by atomic mass is 9.84. The minimum absolute atomic E-state index is 0.0334. The number of carboxylic acid groups (broad SMARTS) is 1. The Morgan fingerprint density at radius 1 is 1.22 bits per heavy atom. The average molecular weight is 249 g/mol. The number of nitrogens with one attached hydrogen (secondary N) is 1. The van der Waals surface area contributed by atoms with Gasteiger partial charge in [-0.2, -0.15) is 0 Å². The van der Waals surface area contributed by atoms with Crippen LogP contribution in [0.5, 0.6) is 0 Å². The number of carbonyl (C=O) groups is 1. The molecule has 0 fully saturated rings. The molecule has 1 rings (SSSR count). The molecule has 0 amide bonds. The van der Waals surface area contributed by atoms with Gasteiger partial charge in [0.2, 0.25) is 0 Å². The van der Waals surface area contributed by atoms with E-state index in [0.717, 1.165) is 0 Å². The van der Waals surface area contributed by atoms with Crippen LogP contribution < -0.4 is 5.32 Å². The summed E-state index contributed by atoms with van der Waals surface area (Å²) in [4.78, 5) is 11.0. The number of rotatable bonds is 5. The zero-order chi connectivity index (χ0) is 13.9. The van der Waals surface area contributed by atoms with Gasteiger partial charge in [-0.1, -0.05) is 6.07 Å². The van der Waals surface area contributed by atoms with Gasteiger partial charge in [-0.05, 0) is 62.6 Å². The number of carboxylic acids is 1. The van der Waals surface area contributed by atoms with Gasteiger partial charge < -0.3 is 10.4 Å². The first kappa shape index (κ1) is 14.7. The molecular formula is C15H23NO2. The highest BCUT2D eigenvalue weighted by Crippen LogP contribution is 2.30. The van der Waals surface area contributed by atoms with E-state index in [4.69, 9.17) is 5.11 Å². The highest BCUT2D eigenvalue weighted by atomic mass is 16.4. The molecule has 1 aromatic rings. The molecule has 0 radical (unpaired) electrons. The van der Waals surface area contributed by atoms with Gasteiger partial charge in [0.1, 0.15) is 0 Å². The van der Waals surface area contributed by atoms with Crippen LogP contribution in [0.1, 0.15) is 40.2 Å². The Morgan fingerprint density at radius 2 is 1.72 bits per heavy atom. The van der Waals surface area contributed by atoms with E-state index in [1.165, 1.54) is 27.8 Å². The molecule has 0 spiro atoms. The number of aryl methyl sites for hydroxylation is 2. The van der Waals surface area contributed by atoms with E-state index in [-0.39, 0.29) is 12.3 Å². The molecule has 1 aromatic carbocycles. The van der Waals surface area contributed by atoms with Crippen molar-refractivity contribution in [1.29, 1.82) is 0 Å². The number of likely N-dealkylation sites (N-methyl/N-ethyl adjacent to an activating group) is 1. The molecule has 0 heterocycles. The smallest absolute Gasteiger partial charge is 0.304 e. The van der Waals surface area contributed by atoms with E-state index in [9.17, 15) is 4.79 Å². The molecule has 2 N–H and O–H groups in total. The van der Waals surface area contributed by atoms with Gasteiger partial charge in [0.15, 0.2) is 0 Å². The summed E-state index contributed by atoms with van der Waals surface area (Å²) in [7, 11) is 1.86. The number of hydrogen-bond donors (Lipinski definition) is 2. The maximum atomic E-state index is 11.0. The van der Waals surface area contributed by atoms with Crippen molar-refractivity contribution in [3.05, 3.63) is 33.9 Å². The van der Waals surface area contributed by atoms with Crippen LogP contribution in [0.4, 0.5) is 0 Å². The highest BCUT2D eigenvalue weighted by Gasteiger charge is 2.20. The summed E-state index contributed by atoms with van der Waals surface area (Å²) in [6.07, 6.45) is 0.172. The Kier molecular flexibility index (Phi) is 4.91. The number of aliphatic carboxylic acids is 1. The van der Waals surface area contributed by atoms with Crippen LogP contribution in [0.15, 0.2) is 6.07 Å². The molecule has 0 aliphatic carbocycles. The van der Waals surface area contributed by atoms with Crippen molar-refractivity contribution in [1.82, 2.24) is 5.32 Å². The van der Waals surface area contributed by atoms with E-state index in [1.54, 1.807) is 0 Å². The Labute approximate surface area is 109 Å². The molecular weight excluding hydrogens is 226 g/mol. The van der Waals surface area contributed by atoms with Crippen LogP contribution in [0.3, 0.4) is 0 Å². The van der Waals surface area contributed by atoms with Crippen molar-refractivity contribution in [2.45, 2.75) is 40.0 Å². The Morgan fingerprint density at radius 3 is 2.11 bits per heavy atom. The van der Waals surface area contributed by atoms with Crippen molar-refractivity contribution in [2.24, 2.45) is 0 Å². The second-order valence-electron chi connectivity index (χ2n) is 5.03. The molecule has 3 heteroatoms. The molecule has 0 bridgehead atoms. The zero-order valence-electron chi connectivity index (χ0n) is 11.9. The summed E-state index contributed by atoms with van der Waals surface area (Å²) in [6.45, 7) is 9.03. The van der Waals surface area contributed by atoms with Gasteiger partial charge in [-0.15, -0.1) is 0 Å². The van der Waals surface area contributed by atoms with Gasteiger partial charge in [-0.3, -0.25) is 4.79 Å². The Balaban J connectivity index is 3.30. The fraction of sp³-hybridized carbons (Fsp3) is 0.533. The maximum Gasteiger partial charge on any atom is 0.304 e. The Hall–Kier alpha value is -1.35. The van der Waals surface area contributed by atoms with E-state index in [2.05, 4.69) is 39.1 Å². The van der Waals surface area contributed by atoms with Crippen LogP contribution in [-0.2, 0) is 4.79 Å². The van der Waals surface area contributed by atoms with Gasteiger partial charge in [0.05, 0.1) is 6.42 Å². The topological polar surface area (TPSA) is 49.3 Å². The third kappa shape index (κ3) is 3.10. The van der Waals surface area contributed by atoms with E-state index in [1.807, 2.05) is 7.05 Å². The molecule has 1 unspecified atom stereocenters. The minimum atomic E-state index is -0.742. The zero-order valence-corrected chi connectivity index (χ0v) is 11.9. The summed E-state index contributed by atoms with van der Waals surface area (Å²) in [5.74, 6) is -0.709. The van der Waals surface area contributed by atoms with Crippen molar-refractivity contribution in [3.63, 3.8) is 0 Å². The predicted molar refractivity (Wildman–Crippen MR) is 74.3 cm³/mol. The molecule has 0 aliphatic rings. The molecule has 3 nitrogen and oxygen atoms in total. The minimum Gasteiger partial charge on any atom is -0.481 e. The van der Waals surface area contributed by atoms with Gasteiger partial charge in [-0.25, -0.2) is 0 Å². The van der Waals surface area contributed by atoms with Crippen LogP contribution in [-0.4, -0.2) is 24.7 Å². The van der Waals surface area contributed by atoms with Crippen molar-refractivity contribution >= 4 is 5.97 Å². The lowest BCUT2D eigenvalue weighted by molar-refractivity contribution is -0.137. The first-order chi connectivity index (χ1) is 8.38.